The van der Waals surface area contributed by atoms with Gasteiger partial charge in [0.1, 0.15) is 51.5 Å². The van der Waals surface area contributed by atoms with Crippen LogP contribution < -0.4 is 51.7 Å². The normalized spacial score (nSPS) is 13.7. The molecule has 0 unspecified atom stereocenters. The first-order chi connectivity index (χ1) is 32.2. The fourth-order valence-electron chi connectivity index (χ4n) is 11.5. The summed E-state index contributed by atoms with van der Waals surface area (Å²) in [6.07, 6.45) is 0. The summed E-state index contributed by atoms with van der Waals surface area (Å²) in [7, 11) is 0. The van der Waals surface area contributed by atoms with E-state index >= 15 is 0 Å². The number of benzene rings is 9. The summed E-state index contributed by atoms with van der Waals surface area (Å²) in [5, 5.41) is 2.24. The van der Waals surface area contributed by atoms with Crippen molar-refractivity contribution in [2.75, 3.05) is 0 Å². The molecular formula is C55H30B2N4O4. The molecule has 3 aromatic heterocycles. The molecule has 0 aliphatic carbocycles. The van der Waals surface area contributed by atoms with E-state index in [2.05, 4.69) is 171 Å². The van der Waals surface area contributed by atoms with Crippen LogP contribution in [0.4, 0.5) is 0 Å². The second kappa shape index (κ2) is 12.1. The Balaban J connectivity index is 0.959. The highest BCUT2D eigenvalue weighted by atomic mass is 16.5. The second-order valence-electron chi connectivity index (χ2n) is 17.4. The van der Waals surface area contributed by atoms with Gasteiger partial charge in [-0.2, -0.15) is 0 Å². The summed E-state index contributed by atoms with van der Waals surface area (Å²) in [6, 6.07) is 63.6. The van der Waals surface area contributed by atoms with Crippen molar-refractivity contribution in [2.45, 2.75) is 0 Å². The van der Waals surface area contributed by atoms with Crippen LogP contribution in [0.15, 0.2) is 182 Å². The largest absolute Gasteiger partial charge is 0.458 e. The number of rotatable bonds is 2. The lowest BCUT2D eigenvalue weighted by atomic mass is 9.35. The highest BCUT2D eigenvalue weighted by Crippen LogP contribution is 2.43. The molecule has 16 rings (SSSR count). The van der Waals surface area contributed by atoms with Gasteiger partial charge in [0.25, 0.3) is 13.4 Å². The van der Waals surface area contributed by atoms with Crippen LogP contribution in [0.5, 0.6) is 46.0 Å². The van der Waals surface area contributed by atoms with Gasteiger partial charge in [0, 0.05) is 46.0 Å². The van der Waals surface area contributed by atoms with Gasteiger partial charge in [0.15, 0.2) is 0 Å². The third kappa shape index (κ3) is 4.35. The predicted octanol–water partition coefficient (Wildman–Crippen LogP) is 8.98. The number of ether oxygens (including phenoxy) is 4. The van der Waals surface area contributed by atoms with Crippen molar-refractivity contribution >= 4 is 95.9 Å². The first kappa shape index (κ1) is 33.9. The van der Waals surface area contributed by atoms with Crippen molar-refractivity contribution in [1.29, 1.82) is 0 Å². The molecule has 65 heavy (non-hydrogen) atoms. The van der Waals surface area contributed by atoms with Gasteiger partial charge < -0.3 is 23.5 Å². The Labute approximate surface area is 371 Å². The maximum atomic E-state index is 6.81. The minimum atomic E-state index is -0.0149. The van der Waals surface area contributed by atoms with Crippen molar-refractivity contribution in [3.63, 3.8) is 0 Å². The van der Waals surface area contributed by atoms with Gasteiger partial charge in [-0.15, -0.1) is 0 Å². The minimum Gasteiger partial charge on any atom is -0.458 e. The van der Waals surface area contributed by atoms with Crippen LogP contribution in [0.3, 0.4) is 0 Å². The second-order valence-corrected chi connectivity index (χ2v) is 17.4. The van der Waals surface area contributed by atoms with E-state index in [0.29, 0.717) is 0 Å². The lowest BCUT2D eigenvalue weighted by Gasteiger charge is -2.33. The Hall–Kier alpha value is -8.62. The maximum absolute atomic E-state index is 6.81. The Kier molecular flexibility index (Phi) is 6.31. The highest BCUT2D eigenvalue weighted by molar-refractivity contribution is 6.99. The zero-order valence-electron chi connectivity index (χ0n) is 34.4. The number of aromatic nitrogens is 4. The van der Waals surface area contributed by atoms with Crippen LogP contribution in [0.1, 0.15) is 0 Å². The van der Waals surface area contributed by atoms with E-state index in [-0.39, 0.29) is 13.4 Å². The molecule has 8 nitrogen and oxygen atoms in total. The molecule has 0 radical (unpaired) electrons. The topological polar surface area (TPSA) is 64.1 Å². The smallest absolute Gasteiger partial charge is 0.260 e. The molecule has 4 aliphatic rings. The number of imidazole rings is 2. The number of hydrogen-bond donors (Lipinski definition) is 0. The lowest BCUT2D eigenvalue weighted by Crippen LogP contribution is -2.57. The van der Waals surface area contributed by atoms with Crippen molar-refractivity contribution in [3.05, 3.63) is 182 Å². The summed E-state index contributed by atoms with van der Waals surface area (Å²) >= 11 is 0. The van der Waals surface area contributed by atoms with E-state index in [9.17, 15) is 0 Å². The summed E-state index contributed by atoms with van der Waals surface area (Å²) in [5.41, 5.74) is 14.4. The Morgan fingerprint density at radius 3 is 1.31 bits per heavy atom. The van der Waals surface area contributed by atoms with E-state index < -0.39 is 0 Å². The first-order valence-corrected chi connectivity index (χ1v) is 22.0. The van der Waals surface area contributed by atoms with Gasteiger partial charge in [-0.25, -0.2) is 4.98 Å². The number of fused-ring (bicyclic) bond motifs is 17. The number of nitrogens with zero attached hydrogens (tertiary/aromatic N) is 4. The maximum Gasteiger partial charge on any atom is 0.260 e. The van der Waals surface area contributed by atoms with Crippen LogP contribution in [0, 0.1) is 0 Å². The van der Waals surface area contributed by atoms with Crippen molar-refractivity contribution in [1.82, 2.24) is 18.5 Å². The number of hydrogen-bond acceptors (Lipinski definition) is 5. The number of para-hydroxylation sites is 7. The third-order valence-electron chi connectivity index (χ3n) is 14.1. The minimum absolute atomic E-state index is 0.0136. The monoisotopic (exact) mass is 832 g/mol. The molecule has 0 bridgehead atoms. The molecule has 300 valence electrons. The predicted molar refractivity (Wildman–Crippen MR) is 259 cm³/mol. The molecule has 0 N–H and O–H groups in total. The van der Waals surface area contributed by atoms with Crippen LogP contribution in [0.25, 0.3) is 61.0 Å². The van der Waals surface area contributed by atoms with Crippen LogP contribution in [0.2, 0.25) is 0 Å². The Morgan fingerprint density at radius 1 is 0.354 bits per heavy atom. The van der Waals surface area contributed by atoms with Crippen molar-refractivity contribution in [3.8, 4) is 57.4 Å². The van der Waals surface area contributed by atoms with Gasteiger partial charge in [0.05, 0.1) is 39.0 Å². The van der Waals surface area contributed by atoms with Gasteiger partial charge >= 0.3 is 0 Å². The molecule has 0 atom stereocenters. The van der Waals surface area contributed by atoms with Crippen LogP contribution >= 0.6 is 0 Å². The lowest BCUT2D eigenvalue weighted by molar-refractivity contribution is 0.463. The molecule has 0 spiro atoms. The zero-order chi connectivity index (χ0) is 42.1. The molecule has 0 fully saturated rings. The van der Waals surface area contributed by atoms with E-state index in [4.69, 9.17) is 23.9 Å². The third-order valence-corrected chi connectivity index (χ3v) is 14.1. The summed E-state index contributed by atoms with van der Waals surface area (Å²) in [6.45, 7) is -0.0286. The Bertz CT molecular complexity index is 3990. The molecule has 0 saturated heterocycles. The standard InChI is InChI=1S/C55H30B2N4O4/c1-6-18-39-33(13-1)34-25-26-42-53(54(34)59(39)31-27-47-51-48(28-31)63-44-22-10-3-15-36(44)56(51)35-14-2-9-21-43(35)62-47)58-55-60(40-19-7-8-20-41(40)61(42)55)32-29-49-52-50(30-32)65-46-24-12-5-17-38(46)57(52)37-16-4-11-23-45(37)64-49/h1-30H. The fraction of sp³-hybridized carbons (Fsp3) is 0. The molecule has 9 aromatic carbocycles. The van der Waals surface area contributed by atoms with Crippen LogP contribution in [-0.2, 0) is 0 Å². The van der Waals surface area contributed by atoms with Gasteiger partial charge in [-0.3, -0.25) is 8.97 Å². The van der Waals surface area contributed by atoms with E-state index in [1.165, 1.54) is 0 Å². The van der Waals surface area contributed by atoms with Gasteiger partial charge in [-0.1, -0.05) is 103 Å². The molecule has 7 heterocycles. The average molecular weight is 832 g/mol. The van der Waals surface area contributed by atoms with E-state index in [0.717, 1.165) is 140 Å². The SMILES string of the molecule is c1ccc2c(c1)Oc1cc(-n3c4ccccc4c4ccc5c(nc6n(-c7cc8c9c(c7)Oc7ccccc7B9c7ccccc7O8)c7ccccc7n56)c43)cc3c1B2c1ccccc1O3. The molecular weight excluding hydrogens is 802 g/mol. The molecule has 10 heteroatoms. The molecule has 12 aromatic rings. The Morgan fingerprint density at radius 2 is 0.785 bits per heavy atom. The van der Waals surface area contributed by atoms with Crippen molar-refractivity contribution in [2.24, 2.45) is 0 Å². The average Bonchev–Trinajstić information content (AvgIpc) is 4.00. The summed E-state index contributed by atoms with van der Waals surface area (Å²) in [5.74, 6) is 7.32. The zero-order valence-corrected chi connectivity index (χ0v) is 34.4. The summed E-state index contributed by atoms with van der Waals surface area (Å²) in [4.78, 5) is 5.68. The van der Waals surface area contributed by atoms with Crippen LogP contribution in [-0.4, -0.2) is 31.9 Å². The van der Waals surface area contributed by atoms with Gasteiger partial charge in [0.2, 0.25) is 5.78 Å². The quantitative estimate of drug-likeness (QED) is 0.163. The highest BCUT2D eigenvalue weighted by Gasteiger charge is 2.42. The fourth-order valence-corrected chi connectivity index (χ4v) is 11.5. The molecule has 0 saturated carbocycles. The first-order valence-electron chi connectivity index (χ1n) is 22.0. The molecule has 4 aliphatic heterocycles. The summed E-state index contributed by atoms with van der Waals surface area (Å²) < 4.78 is 34.0. The van der Waals surface area contributed by atoms with Gasteiger partial charge in [-0.05, 0) is 76.4 Å². The van der Waals surface area contributed by atoms with E-state index in [1.54, 1.807) is 0 Å². The van der Waals surface area contributed by atoms with Crippen molar-refractivity contribution < 1.29 is 18.9 Å². The molecule has 0 amide bonds. The van der Waals surface area contributed by atoms with E-state index in [1.807, 2.05) is 24.3 Å².